The predicted octanol–water partition coefficient (Wildman–Crippen LogP) is 3.88. The molecule has 182 valence electrons. The fraction of sp³-hybridized carbons (Fsp3) is 0.423. The third-order valence-corrected chi connectivity index (χ3v) is 7.29. The van der Waals surface area contributed by atoms with Crippen molar-refractivity contribution in [1.29, 1.82) is 0 Å². The zero-order valence-electron chi connectivity index (χ0n) is 19.5. The number of aliphatic hydroxyl groups excluding tert-OH is 1. The van der Waals surface area contributed by atoms with Crippen LogP contribution in [0.1, 0.15) is 37.0 Å². The van der Waals surface area contributed by atoms with Crippen LogP contribution in [0.2, 0.25) is 0 Å². The normalized spacial score (nSPS) is 26.2. The summed E-state index contributed by atoms with van der Waals surface area (Å²) in [6.07, 6.45) is -2.12. The Morgan fingerprint density at radius 1 is 1.18 bits per heavy atom. The number of esters is 2. The third-order valence-electron chi connectivity index (χ3n) is 6.02. The lowest BCUT2D eigenvalue weighted by atomic mass is 9.79. The molecule has 7 nitrogen and oxygen atoms in total. The minimum atomic E-state index is -1.47. The molecule has 1 N–H and O–H groups in total. The molecule has 1 heterocycles. The van der Waals surface area contributed by atoms with E-state index in [-0.39, 0.29) is 18.8 Å². The van der Waals surface area contributed by atoms with Crippen LogP contribution in [0.15, 0.2) is 65.6 Å². The number of rotatable bonds is 9. The maximum Gasteiger partial charge on any atom is 0.349 e. The molecule has 3 rings (SSSR count). The van der Waals surface area contributed by atoms with Gasteiger partial charge < -0.3 is 24.1 Å². The summed E-state index contributed by atoms with van der Waals surface area (Å²) in [7, 11) is 1.28. The molecule has 0 aliphatic carbocycles. The quantitative estimate of drug-likeness (QED) is 0.421. The van der Waals surface area contributed by atoms with Crippen molar-refractivity contribution in [3.8, 4) is 0 Å². The average Bonchev–Trinajstić information content (AvgIpc) is 2.87. The smallest absolute Gasteiger partial charge is 0.349 e. The first-order valence-corrected chi connectivity index (χ1v) is 12.1. The van der Waals surface area contributed by atoms with Crippen molar-refractivity contribution in [3.05, 3.63) is 66.2 Å². The molecule has 0 radical (unpaired) electrons. The Morgan fingerprint density at radius 3 is 2.35 bits per heavy atom. The van der Waals surface area contributed by atoms with Gasteiger partial charge >= 0.3 is 11.9 Å². The Bertz CT molecular complexity index is 968. The van der Waals surface area contributed by atoms with Gasteiger partial charge in [0.05, 0.1) is 18.8 Å². The van der Waals surface area contributed by atoms with E-state index >= 15 is 0 Å². The van der Waals surface area contributed by atoms with Crippen molar-refractivity contribution in [3.63, 3.8) is 0 Å². The van der Waals surface area contributed by atoms with E-state index in [1.165, 1.54) is 18.9 Å². The topological polar surface area (TPSA) is 99.1 Å². The SMILES string of the molecule is CC[C@@H](OC(=O)c1ccccc1)[C@@H](O)C1O[C@](Sc2ccccc2)(C(=O)OC)C[C@@H](C)[C@H]1C=O. The number of hydrogen-bond donors (Lipinski definition) is 1. The fourth-order valence-corrected chi connectivity index (χ4v) is 5.54. The molecule has 0 spiro atoms. The second-order valence-corrected chi connectivity index (χ2v) is 9.68. The number of aldehydes is 1. The second-order valence-electron chi connectivity index (χ2n) is 8.35. The second kappa shape index (κ2) is 11.6. The lowest BCUT2D eigenvalue weighted by Crippen LogP contribution is -2.58. The number of carbonyl (C=O) groups excluding carboxylic acids is 3. The van der Waals surface area contributed by atoms with Crippen molar-refractivity contribution in [2.24, 2.45) is 11.8 Å². The lowest BCUT2D eigenvalue weighted by molar-refractivity contribution is -0.202. The molecule has 1 unspecified atom stereocenters. The number of ether oxygens (including phenoxy) is 3. The van der Waals surface area contributed by atoms with Gasteiger partial charge in [0.1, 0.15) is 18.5 Å². The number of thioether (sulfide) groups is 1. The van der Waals surface area contributed by atoms with Crippen molar-refractivity contribution in [2.75, 3.05) is 7.11 Å². The highest BCUT2D eigenvalue weighted by Crippen LogP contribution is 2.47. The monoisotopic (exact) mass is 486 g/mol. The summed E-state index contributed by atoms with van der Waals surface area (Å²) in [6.45, 7) is 3.60. The number of benzene rings is 2. The predicted molar refractivity (Wildman–Crippen MR) is 127 cm³/mol. The fourth-order valence-electron chi connectivity index (χ4n) is 4.20. The Balaban J connectivity index is 1.90. The van der Waals surface area contributed by atoms with Gasteiger partial charge in [-0.05, 0) is 36.6 Å². The molecule has 34 heavy (non-hydrogen) atoms. The van der Waals surface area contributed by atoms with E-state index in [9.17, 15) is 19.5 Å². The molecular formula is C26H30O7S. The van der Waals surface area contributed by atoms with E-state index in [0.29, 0.717) is 5.56 Å². The Morgan fingerprint density at radius 2 is 1.79 bits per heavy atom. The van der Waals surface area contributed by atoms with Gasteiger partial charge in [0.15, 0.2) is 0 Å². The van der Waals surface area contributed by atoms with Crippen LogP contribution in [0.5, 0.6) is 0 Å². The van der Waals surface area contributed by atoms with Crippen LogP contribution in [0.25, 0.3) is 0 Å². The molecule has 0 saturated carbocycles. The van der Waals surface area contributed by atoms with Gasteiger partial charge in [0.25, 0.3) is 0 Å². The van der Waals surface area contributed by atoms with E-state index in [1.54, 1.807) is 37.3 Å². The molecule has 6 atom stereocenters. The summed E-state index contributed by atoms with van der Waals surface area (Å²) in [5.74, 6) is -2.20. The maximum absolute atomic E-state index is 13.0. The minimum Gasteiger partial charge on any atom is -0.466 e. The lowest BCUT2D eigenvalue weighted by Gasteiger charge is -2.46. The first-order valence-electron chi connectivity index (χ1n) is 11.2. The molecule has 0 amide bonds. The minimum absolute atomic E-state index is 0.215. The summed E-state index contributed by atoms with van der Waals surface area (Å²) in [4.78, 5) is 36.9. The maximum atomic E-state index is 13.0. The van der Waals surface area contributed by atoms with Gasteiger partial charge in [0, 0.05) is 17.2 Å². The molecule has 0 bridgehead atoms. The van der Waals surface area contributed by atoms with E-state index in [0.717, 1.165) is 11.2 Å². The number of hydrogen-bond acceptors (Lipinski definition) is 8. The number of methoxy groups -OCH3 is 1. The average molecular weight is 487 g/mol. The van der Waals surface area contributed by atoms with Gasteiger partial charge in [-0.25, -0.2) is 9.59 Å². The van der Waals surface area contributed by atoms with E-state index in [1.807, 2.05) is 37.3 Å². The van der Waals surface area contributed by atoms with Crippen LogP contribution in [0.3, 0.4) is 0 Å². The largest absolute Gasteiger partial charge is 0.466 e. The molecular weight excluding hydrogens is 456 g/mol. The third kappa shape index (κ3) is 5.68. The molecule has 1 aliphatic heterocycles. The Hall–Kier alpha value is -2.68. The van der Waals surface area contributed by atoms with Gasteiger partial charge in [-0.1, -0.05) is 62.0 Å². The van der Waals surface area contributed by atoms with Gasteiger partial charge in [-0.2, -0.15) is 0 Å². The molecule has 2 aromatic carbocycles. The molecule has 1 aliphatic rings. The highest BCUT2D eigenvalue weighted by atomic mass is 32.2. The first kappa shape index (κ1) is 25.9. The number of aliphatic hydroxyl groups is 1. The number of carbonyl (C=O) groups is 3. The summed E-state index contributed by atoms with van der Waals surface area (Å²) in [6, 6.07) is 17.7. The zero-order chi connectivity index (χ0) is 24.7. The molecule has 0 aromatic heterocycles. The van der Waals surface area contributed by atoms with Crippen LogP contribution in [-0.2, 0) is 23.8 Å². The molecule has 2 aromatic rings. The Labute approximate surface area is 203 Å². The van der Waals surface area contributed by atoms with Gasteiger partial charge in [-0.3, -0.25) is 0 Å². The zero-order valence-corrected chi connectivity index (χ0v) is 20.3. The summed E-state index contributed by atoms with van der Waals surface area (Å²) in [5.41, 5.74) is 0.349. The Kier molecular flexibility index (Phi) is 8.88. The molecule has 1 fully saturated rings. The summed E-state index contributed by atoms with van der Waals surface area (Å²) >= 11 is 1.18. The van der Waals surface area contributed by atoms with Crippen molar-refractivity contribution in [2.45, 2.75) is 54.8 Å². The van der Waals surface area contributed by atoms with Gasteiger partial charge in [0.2, 0.25) is 4.93 Å². The highest BCUT2D eigenvalue weighted by Gasteiger charge is 2.54. The van der Waals surface area contributed by atoms with Crippen molar-refractivity contribution >= 4 is 30.0 Å². The van der Waals surface area contributed by atoms with Crippen LogP contribution in [0, 0.1) is 11.8 Å². The van der Waals surface area contributed by atoms with Gasteiger partial charge in [-0.15, -0.1) is 0 Å². The highest BCUT2D eigenvalue weighted by molar-refractivity contribution is 8.01. The van der Waals surface area contributed by atoms with E-state index < -0.39 is 41.1 Å². The van der Waals surface area contributed by atoms with Crippen LogP contribution < -0.4 is 0 Å². The van der Waals surface area contributed by atoms with Crippen molar-refractivity contribution < 1.29 is 33.7 Å². The van der Waals surface area contributed by atoms with Crippen LogP contribution in [-0.4, -0.2) is 53.7 Å². The van der Waals surface area contributed by atoms with Crippen LogP contribution >= 0.6 is 11.8 Å². The summed E-state index contributed by atoms with van der Waals surface area (Å²) < 4.78 is 16.9. The van der Waals surface area contributed by atoms with E-state index in [2.05, 4.69) is 0 Å². The molecule has 1 saturated heterocycles. The standard InChI is InChI=1S/C26H30O7S/c1-4-21(32-24(29)18-11-7-5-8-12-18)22(28)23-20(16-27)17(2)15-26(33-23,25(30)31-3)34-19-13-9-6-10-14-19/h5-14,16-17,20-23,28H,4,15H2,1-3H3/t17-,20-,21-,22-,23?,26-/m1/s1. The van der Waals surface area contributed by atoms with E-state index in [4.69, 9.17) is 14.2 Å². The first-order chi connectivity index (χ1) is 16.3. The van der Waals surface area contributed by atoms with Crippen LogP contribution in [0.4, 0.5) is 0 Å². The van der Waals surface area contributed by atoms with Crippen molar-refractivity contribution in [1.82, 2.24) is 0 Å². The summed E-state index contributed by atoms with van der Waals surface area (Å²) in [5, 5.41) is 11.3. The molecule has 8 heteroatoms.